The minimum Gasteiger partial charge on any atom is -0.379 e. The lowest BCUT2D eigenvalue weighted by Crippen LogP contribution is -2.39. The number of aryl methyl sites for hydroxylation is 1. The van der Waals surface area contributed by atoms with Gasteiger partial charge in [0.1, 0.15) is 0 Å². The van der Waals surface area contributed by atoms with Crippen LogP contribution in [0.4, 0.5) is 5.13 Å². The average molecular weight is 500 g/mol. The second-order valence-corrected chi connectivity index (χ2v) is 9.96. The van der Waals surface area contributed by atoms with Crippen LogP contribution in [0.25, 0.3) is 10.2 Å². The number of carbonyl (C=O) groups is 2. The Labute approximate surface area is 215 Å². The van der Waals surface area contributed by atoms with Gasteiger partial charge in [-0.2, -0.15) is 0 Å². The molecule has 1 aliphatic rings. The van der Waals surface area contributed by atoms with E-state index >= 15 is 0 Å². The number of hydrogen-bond donors (Lipinski definition) is 0. The fourth-order valence-electron chi connectivity index (χ4n) is 4.43. The van der Waals surface area contributed by atoms with Gasteiger partial charge in [-0.3, -0.25) is 19.4 Å². The average Bonchev–Trinajstić information content (AvgIpc) is 3.37. The van der Waals surface area contributed by atoms with Gasteiger partial charge in [-0.25, -0.2) is 4.98 Å². The summed E-state index contributed by atoms with van der Waals surface area (Å²) in [6.07, 6.45) is 0.839. The number of thiazole rings is 1. The number of morpholine rings is 1. The number of ketones is 1. The van der Waals surface area contributed by atoms with Gasteiger partial charge in [0.15, 0.2) is 10.9 Å². The maximum Gasteiger partial charge on any atom is 0.260 e. The van der Waals surface area contributed by atoms with Gasteiger partial charge in [0.2, 0.25) is 0 Å². The van der Waals surface area contributed by atoms with E-state index in [9.17, 15) is 9.59 Å². The zero-order chi connectivity index (χ0) is 24.9. The van der Waals surface area contributed by atoms with Crippen molar-refractivity contribution in [3.63, 3.8) is 0 Å². The SMILES string of the molecule is Cc1cccc2sc(N(CCCN3CCOCC3)C(=O)c3ccc(C(=O)c4ccccc4)cc3)nc12. The van der Waals surface area contributed by atoms with Crippen LogP contribution in [0.5, 0.6) is 0 Å². The Balaban J connectivity index is 1.38. The second-order valence-electron chi connectivity index (χ2n) is 8.95. The predicted octanol–water partition coefficient (Wildman–Crippen LogP) is 5.20. The number of amides is 1. The first kappa shape index (κ1) is 24.3. The zero-order valence-corrected chi connectivity index (χ0v) is 21.2. The third-order valence-corrected chi connectivity index (χ3v) is 7.52. The molecule has 1 saturated heterocycles. The van der Waals surface area contributed by atoms with Crippen molar-refractivity contribution in [2.24, 2.45) is 0 Å². The van der Waals surface area contributed by atoms with Crippen molar-refractivity contribution < 1.29 is 14.3 Å². The fourth-order valence-corrected chi connectivity index (χ4v) is 5.50. The molecule has 1 aliphatic heterocycles. The molecule has 7 heteroatoms. The van der Waals surface area contributed by atoms with E-state index in [2.05, 4.69) is 4.90 Å². The summed E-state index contributed by atoms with van der Waals surface area (Å²) in [5.74, 6) is -0.161. The van der Waals surface area contributed by atoms with Crippen molar-refractivity contribution in [2.75, 3.05) is 44.3 Å². The van der Waals surface area contributed by atoms with Crippen LogP contribution in [0, 0.1) is 6.92 Å². The van der Waals surface area contributed by atoms with Gasteiger partial charge in [0.05, 0.1) is 23.4 Å². The van der Waals surface area contributed by atoms with Crippen molar-refractivity contribution in [1.82, 2.24) is 9.88 Å². The van der Waals surface area contributed by atoms with E-state index in [1.165, 1.54) is 0 Å². The number of rotatable bonds is 8. The van der Waals surface area contributed by atoms with Gasteiger partial charge >= 0.3 is 0 Å². The van der Waals surface area contributed by atoms with E-state index in [0.717, 1.165) is 55.0 Å². The van der Waals surface area contributed by atoms with E-state index in [1.807, 2.05) is 43.3 Å². The largest absolute Gasteiger partial charge is 0.379 e. The Morgan fingerprint density at radius 2 is 1.61 bits per heavy atom. The summed E-state index contributed by atoms with van der Waals surface area (Å²) >= 11 is 1.54. The van der Waals surface area contributed by atoms with Crippen LogP contribution in [0.3, 0.4) is 0 Å². The summed E-state index contributed by atoms with van der Waals surface area (Å²) in [6, 6.07) is 22.2. The molecule has 6 nitrogen and oxygen atoms in total. The minimum atomic E-state index is -0.104. The molecule has 36 heavy (non-hydrogen) atoms. The molecule has 0 saturated carbocycles. The highest BCUT2D eigenvalue weighted by atomic mass is 32.1. The molecule has 3 aromatic carbocycles. The number of aromatic nitrogens is 1. The van der Waals surface area contributed by atoms with Crippen molar-refractivity contribution >= 4 is 38.4 Å². The first-order chi connectivity index (χ1) is 17.6. The van der Waals surface area contributed by atoms with Crippen molar-refractivity contribution in [3.05, 3.63) is 95.1 Å². The highest BCUT2D eigenvalue weighted by Gasteiger charge is 2.23. The van der Waals surface area contributed by atoms with Crippen molar-refractivity contribution in [1.29, 1.82) is 0 Å². The van der Waals surface area contributed by atoms with E-state index in [0.29, 0.717) is 28.4 Å². The maximum atomic E-state index is 13.7. The second kappa shape index (κ2) is 11.1. The van der Waals surface area contributed by atoms with Gasteiger partial charge in [-0.1, -0.05) is 65.9 Å². The zero-order valence-electron chi connectivity index (χ0n) is 20.4. The Hall–Kier alpha value is -3.39. The smallest absolute Gasteiger partial charge is 0.260 e. The number of benzene rings is 3. The molecule has 0 bridgehead atoms. The Bertz CT molecular complexity index is 1350. The normalized spacial score (nSPS) is 14.1. The van der Waals surface area contributed by atoms with E-state index < -0.39 is 0 Å². The van der Waals surface area contributed by atoms with Crippen LogP contribution in [0.2, 0.25) is 0 Å². The number of carbonyl (C=O) groups excluding carboxylic acids is 2. The summed E-state index contributed by atoms with van der Waals surface area (Å²) in [5, 5.41) is 0.704. The van der Waals surface area contributed by atoms with Crippen molar-refractivity contribution in [2.45, 2.75) is 13.3 Å². The molecule has 0 N–H and O–H groups in total. The molecule has 1 aromatic heterocycles. The standard InChI is InChI=1S/C29H29N3O3S/c1-21-7-5-10-25-26(21)30-29(36-25)32(16-6-15-31-17-19-35-20-18-31)28(34)24-13-11-23(12-14-24)27(33)22-8-3-2-4-9-22/h2-5,7-14H,6,15-20H2,1H3. The van der Waals surface area contributed by atoms with Crippen LogP contribution < -0.4 is 4.90 Å². The lowest BCUT2D eigenvalue weighted by Gasteiger charge is -2.27. The van der Waals surface area contributed by atoms with Gasteiger partial charge in [0, 0.05) is 42.9 Å². The summed E-state index contributed by atoms with van der Waals surface area (Å²) in [4.78, 5) is 35.5. The van der Waals surface area contributed by atoms with Gasteiger partial charge in [0.25, 0.3) is 5.91 Å². The van der Waals surface area contributed by atoms with E-state index in [1.54, 1.807) is 52.6 Å². The molecule has 1 fully saturated rings. The molecule has 0 radical (unpaired) electrons. The van der Waals surface area contributed by atoms with Gasteiger partial charge in [-0.15, -0.1) is 0 Å². The monoisotopic (exact) mass is 499 g/mol. The molecule has 2 heterocycles. The number of para-hydroxylation sites is 1. The molecule has 1 amide bonds. The summed E-state index contributed by atoms with van der Waals surface area (Å²) in [6.45, 7) is 6.87. The molecular formula is C29H29N3O3S. The lowest BCUT2D eigenvalue weighted by molar-refractivity contribution is 0.0376. The third-order valence-electron chi connectivity index (χ3n) is 6.48. The molecule has 0 atom stereocenters. The number of nitrogens with zero attached hydrogens (tertiary/aromatic N) is 3. The highest BCUT2D eigenvalue weighted by Crippen LogP contribution is 2.31. The minimum absolute atomic E-state index is 0.0568. The molecular weight excluding hydrogens is 470 g/mol. The van der Waals surface area contributed by atoms with Crippen LogP contribution in [-0.4, -0.2) is 61.0 Å². The van der Waals surface area contributed by atoms with Crippen LogP contribution >= 0.6 is 11.3 Å². The topological polar surface area (TPSA) is 62.7 Å². The molecule has 0 unspecified atom stereocenters. The predicted molar refractivity (Wildman–Crippen MR) is 144 cm³/mol. The quantitative estimate of drug-likeness (QED) is 0.312. The van der Waals surface area contributed by atoms with Crippen molar-refractivity contribution in [3.8, 4) is 0 Å². The Morgan fingerprint density at radius 1 is 0.917 bits per heavy atom. The van der Waals surface area contributed by atoms with Gasteiger partial charge < -0.3 is 4.74 Å². The number of fused-ring (bicyclic) bond motifs is 1. The maximum absolute atomic E-state index is 13.7. The third kappa shape index (κ3) is 5.38. The molecule has 0 spiro atoms. The lowest BCUT2D eigenvalue weighted by atomic mass is 10.0. The number of ether oxygens (including phenoxy) is 1. The van der Waals surface area contributed by atoms with Gasteiger partial charge in [-0.05, 0) is 37.1 Å². The summed E-state index contributed by atoms with van der Waals surface area (Å²) in [7, 11) is 0. The number of anilines is 1. The summed E-state index contributed by atoms with van der Waals surface area (Å²) < 4.78 is 6.52. The van der Waals surface area contributed by atoms with Crippen LogP contribution in [0.1, 0.15) is 38.3 Å². The molecule has 0 aliphatic carbocycles. The molecule has 184 valence electrons. The van der Waals surface area contributed by atoms with Crippen LogP contribution in [0.15, 0.2) is 72.8 Å². The first-order valence-electron chi connectivity index (χ1n) is 12.3. The Morgan fingerprint density at radius 3 is 2.33 bits per heavy atom. The fraction of sp³-hybridized carbons (Fsp3) is 0.276. The van der Waals surface area contributed by atoms with E-state index in [-0.39, 0.29) is 11.7 Å². The molecule has 4 aromatic rings. The van der Waals surface area contributed by atoms with Crippen LogP contribution in [-0.2, 0) is 4.74 Å². The van der Waals surface area contributed by atoms with E-state index in [4.69, 9.17) is 9.72 Å². The summed E-state index contributed by atoms with van der Waals surface area (Å²) in [5.41, 5.74) is 3.77. The number of hydrogen-bond acceptors (Lipinski definition) is 6. The Kier molecular flexibility index (Phi) is 7.51. The highest BCUT2D eigenvalue weighted by molar-refractivity contribution is 7.22. The first-order valence-corrected chi connectivity index (χ1v) is 13.1. The molecule has 5 rings (SSSR count).